The molecule has 1 unspecified atom stereocenters. The van der Waals surface area contributed by atoms with Crippen LogP contribution in [0.1, 0.15) is 12.0 Å². The lowest BCUT2D eigenvalue weighted by molar-refractivity contribution is -0.122. The van der Waals surface area contributed by atoms with Gasteiger partial charge in [0.2, 0.25) is 11.8 Å². The van der Waals surface area contributed by atoms with Gasteiger partial charge >= 0.3 is 5.69 Å². The van der Waals surface area contributed by atoms with Crippen molar-refractivity contribution in [3.8, 4) is 0 Å². The summed E-state index contributed by atoms with van der Waals surface area (Å²) in [4.78, 5) is 52.9. The number of aryl methyl sites for hydroxylation is 1. The Morgan fingerprint density at radius 2 is 1.92 bits per heavy atom. The highest BCUT2D eigenvalue weighted by molar-refractivity contribution is 6.03. The molecule has 24 heavy (non-hydrogen) atoms. The molecule has 1 fully saturated rings. The summed E-state index contributed by atoms with van der Waals surface area (Å²) in [6.45, 7) is 2.20. The van der Waals surface area contributed by atoms with Gasteiger partial charge in [-0.05, 0) is 19.1 Å². The lowest BCUT2D eigenvalue weighted by Gasteiger charge is -2.16. The summed E-state index contributed by atoms with van der Waals surface area (Å²) in [5.74, 6) is -1.14. The van der Waals surface area contributed by atoms with E-state index in [9.17, 15) is 19.2 Å². The second-order valence-electron chi connectivity index (χ2n) is 5.72. The van der Waals surface area contributed by atoms with Crippen molar-refractivity contribution < 1.29 is 9.59 Å². The molecule has 8 heteroatoms. The molecule has 2 heterocycles. The van der Waals surface area contributed by atoms with E-state index in [1.165, 1.54) is 0 Å². The highest BCUT2D eigenvalue weighted by Crippen LogP contribution is 2.25. The summed E-state index contributed by atoms with van der Waals surface area (Å²) in [6.07, 6.45) is 1.20. The average molecular weight is 328 g/mol. The van der Waals surface area contributed by atoms with Crippen molar-refractivity contribution in [1.82, 2.24) is 9.97 Å². The quantitative estimate of drug-likeness (QED) is 0.754. The third-order valence-electron chi connectivity index (χ3n) is 3.92. The number of hydrogen-bond acceptors (Lipinski definition) is 4. The summed E-state index contributed by atoms with van der Waals surface area (Å²) >= 11 is 0. The molecule has 0 aliphatic carbocycles. The second kappa shape index (κ2) is 6.15. The Hall–Kier alpha value is -3.16. The minimum Gasteiger partial charge on any atom is -0.320 e. The van der Waals surface area contributed by atoms with E-state index in [1.807, 2.05) is 36.2 Å². The normalized spacial score (nSPS) is 17.1. The molecule has 1 aromatic carbocycles. The number of nitrogens with one attached hydrogen (secondary N) is 3. The Morgan fingerprint density at radius 3 is 2.58 bits per heavy atom. The van der Waals surface area contributed by atoms with Gasteiger partial charge in [0.05, 0.1) is 5.92 Å². The molecule has 0 saturated carbocycles. The summed E-state index contributed by atoms with van der Waals surface area (Å²) < 4.78 is 0. The number of benzene rings is 1. The number of H-pyrrole nitrogens is 2. The van der Waals surface area contributed by atoms with Gasteiger partial charge in [0.15, 0.2) is 0 Å². The van der Waals surface area contributed by atoms with Crippen LogP contribution in [-0.2, 0) is 9.59 Å². The van der Waals surface area contributed by atoms with Gasteiger partial charge in [-0.15, -0.1) is 0 Å². The van der Waals surface area contributed by atoms with Crippen LogP contribution in [0.2, 0.25) is 0 Å². The Kier molecular flexibility index (Phi) is 4.03. The minimum absolute atomic E-state index is 0.0548. The van der Waals surface area contributed by atoms with Gasteiger partial charge < -0.3 is 15.2 Å². The maximum absolute atomic E-state index is 12.3. The lowest BCUT2D eigenvalue weighted by Crippen LogP contribution is -2.31. The monoisotopic (exact) mass is 328 g/mol. The van der Waals surface area contributed by atoms with Crippen LogP contribution in [0.5, 0.6) is 0 Å². The van der Waals surface area contributed by atoms with Crippen LogP contribution in [0.25, 0.3) is 0 Å². The Morgan fingerprint density at radius 1 is 1.21 bits per heavy atom. The van der Waals surface area contributed by atoms with Crippen LogP contribution < -0.4 is 21.5 Å². The number of carbonyl (C=O) groups excluding carboxylic acids is 2. The third-order valence-corrected chi connectivity index (χ3v) is 3.92. The van der Waals surface area contributed by atoms with Gasteiger partial charge in [-0.25, -0.2) is 4.79 Å². The van der Waals surface area contributed by atoms with Gasteiger partial charge in [-0.1, -0.05) is 17.7 Å². The second-order valence-corrected chi connectivity index (χ2v) is 5.72. The number of nitrogens with zero attached hydrogens (tertiary/aromatic N) is 1. The molecular formula is C16H16N4O4. The van der Waals surface area contributed by atoms with Crippen molar-refractivity contribution in [3.05, 3.63) is 56.9 Å². The van der Waals surface area contributed by atoms with E-state index in [1.54, 1.807) is 4.90 Å². The third kappa shape index (κ3) is 3.12. The van der Waals surface area contributed by atoms with Crippen molar-refractivity contribution in [1.29, 1.82) is 0 Å². The standard InChI is InChI=1S/C16H16N4O4/c1-9-2-4-11(5-3-9)20-8-10(6-13(20)21)14(22)18-12-7-17-16(24)19-15(12)23/h2-5,7,10H,6,8H2,1H3,(H,18,22)(H2,17,19,23,24). The van der Waals surface area contributed by atoms with Crippen LogP contribution in [0.15, 0.2) is 40.1 Å². The predicted octanol–water partition coefficient (Wildman–Crippen LogP) is 0.363. The van der Waals surface area contributed by atoms with Gasteiger partial charge in [-0.3, -0.25) is 19.4 Å². The van der Waals surface area contributed by atoms with E-state index < -0.39 is 23.1 Å². The number of aromatic amines is 2. The van der Waals surface area contributed by atoms with Gasteiger partial charge in [-0.2, -0.15) is 0 Å². The smallest absolute Gasteiger partial charge is 0.320 e. The largest absolute Gasteiger partial charge is 0.325 e. The van der Waals surface area contributed by atoms with Crippen molar-refractivity contribution in [2.75, 3.05) is 16.8 Å². The topological polar surface area (TPSA) is 115 Å². The number of carbonyl (C=O) groups is 2. The number of anilines is 2. The fourth-order valence-electron chi connectivity index (χ4n) is 2.59. The molecule has 2 aromatic rings. The fourth-order valence-corrected chi connectivity index (χ4v) is 2.59. The molecule has 124 valence electrons. The van der Waals surface area contributed by atoms with E-state index in [4.69, 9.17) is 0 Å². The predicted molar refractivity (Wildman–Crippen MR) is 88.0 cm³/mol. The van der Waals surface area contributed by atoms with E-state index in [0.717, 1.165) is 17.4 Å². The zero-order valence-electron chi connectivity index (χ0n) is 13.0. The molecule has 3 N–H and O–H groups in total. The van der Waals surface area contributed by atoms with E-state index >= 15 is 0 Å². The first-order chi connectivity index (χ1) is 11.4. The first kappa shape index (κ1) is 15.7. The summed E-state index contributed by atoms with van der Waals surface area (Å²) in [5, 5.41) is 2.45. The molecule has 1 aliphatic heterocycles. The van der Waals surface area contributed by atoms with Crippen LogP contribution in [0, 0.1) is 12.8 Å². The van der Waals surface area contributed by atoms with Crippen molar-refractivity contribution in [2.45, 2.75) is 13.3 Å². The van der Waals surface area contributed by atoms with E-state index in [-0.39, 0.29) is 24.6 Å². The number of amides is 2. The average Bonchev–Trinajstić information content (AvgIpc) is 2.93. The summed E-state index contributed by atoms with van der Waals surface area (Å²) in [6, 6.07) is 7.46. The van der Waals surface area contributed by atoms with Crippen LogP contribution in [-0.4, -0.2) is 28.3 Å². The maximum Gasteiger partial charge on any atom is 0.325 e. The Labute approximate surface area is 136 Å². The van der Waals surface area contributed by atoms with Gasteiger partial charge in [0, 0.05) is 24.8 Å². The minimum atomic E-state index is -0.688. The molecule has 1 aliphatic rings. The van der Waals surface area contributed by atoms with Gasteiger partial charge in [0.25, 0.3) is 5.56 Å². The number of aromatic nitrogens is 2. The van der Waals surface area contributed by atoms with Crippen molar-refractivity contribution >= 4 is 23.2 Å². The maximum atomic E-state index is 12.3. The van der Waals surface area contributed by atoms with Crippen molar-refractivity contribution in [3.63, 3.8) is 0 Å². The molecule has 3 rings (SSSR count). The van der Waals surface area contributed by atoms with Crippen LogP contribution in [0.4, 0.5) is 11.4 Å². The first-order valence-electron chi connectivity index (χ1n) is 7.44. The Balaban J connectivity index is 1.73. The summed E-state index contributed by atoms with van der Waals surface area (Å²) in [5.41, 5.74) is 0.423. The Bertz CT molecular complexity index is 897. The molecule has 1 saturated heterocycles. The molecule has 0 radical (unpaired) electrons. The van der Waals surface area contributed by atoms with Crippen LogP contribution >= 0.6 is 0 Å². The van der Waals surface area contributed by atoms with E-state index in [0.29, 0.717) is 0 Å². The van der Waals surface area contributed by atoms with Gasteiger partial charge in [0.1, 0.15) is 5.69 Å². The zero-order chi connectivity index (χ0) is 17.3. The number of rotatable bonds is 3. The summed E-state index contributed by atoms with van der Waals surface area (Å²) in [7, 11) is 0. The SMILES string of the molecule is Cc1ccc(N2CC(C(=O)Nc3c[nH]c(=O)[nH]c3=O)CC2=O)cc1. The molecule has 8 nitrogen and oxygen atoms in total. The highest BCUT2D eigenvalue weighted by atomic mass is 16.2. The molecule has 2 amide bonds. The fraction of sp³-hybridized carbons (Fsp3) is 0.250. The first-order valence-corrected chi connectivity index (χ1v) is 7.44. The number of hydrogen-bond donors (Lipinski definition) is 3. The molecule has 1 aromatic heterocycles. The molecule has 0 spiro atoms. The zero-order valence-corrected chi connectivity index (χ0v) is 13.0. The van der Waals surface area contributed by atoms with Crippen LogP contribution in [0.3, 0.4) is 0 Å². The van der Waals surface area contributed by atoms with E-state index in [2.05, 4.69) is 10.3 Å². The molecular weight excluding hydrogens is 312 g/mol. The highest BCUT2D eigenvalue weighted by Gasteiger charge is 2.35. The molecule has 0 bridgehead atoms. The lowest BCUT2D eigenvalue weighted by atomic mass is 10.1. The van der Waals surface area contributed by atoms with Crippen molar-refractivity contribution in [2.24, 2.45) is 5.92 Å². The molecule has 1 atom stereocenters.